The van der Waals surface area contributed by atoms with Crippen LogP contribution >= 0.6 is 11.6 Å². The van der Waals surface area contributed by atoms with E-state index in [1.807, 2.05) is 0 Å². The molecule has 0 fully saturated rings. The van der Waals surface area contributed by atoms with Crippen molar-refractivity contribution in [3.8, 4) is 0 Å². The van der Waals surface area contributed by atoms with Gasteiger partial charge in [-0.2, -0.15) is 0 Å². The second kappa shape index (κ2) is 3.92. The predicted molar refractivity (Wildman–Crippen MR) is 47.4 cm³/mol. The molecule has 0 amide bonds. The first-order chi connectivity index (χ1) is 6.43. The number of carbonyl (C=O) groups is 1. The Bertz CT molecular complexity index is 356. The van der Waals surface area contributed by atoms with Gasteiger partial charge in [0.25, 0.3) is 0 Å². The first kappa shape index (κ1) is 10.9. The Kier molecular flexibility index (Phi) is 3.06. The Labute approximate surface area is 84.1 Å². The van der Waals surface area contributed by atoms with E-state index in [1.165, 1.54) is 6.92 Å². The maximum absolute atomic E-state index is 12.9. The van der Waals surface area contributed by atoms with Gasteiger partial charge in [0, 0.05) is 0 Å². The van der Waals surface area contributed by atoms with Crippen molar-refractivity contribution in [3.63, 3.8) is 0 Å². The van der Waals surface area contributed by atoms with Crippen LogP contribution in [0, 0.1) is 11.6 Å². The van der Waals surface area contributed by atoms with Crippen LogP contribution in [0.1, 0.15) is 18.4 Å². The number of carboxylic acids is 1. The van der Waals surface area contributed by atoms with Gasteiger partial charge < -0.3 is 5.11 Å². The largest absolute Gasteiger partial charge is 0.481 e. The van der Waals surface area contributed by atoms with Crippen LogP contribution in [-0.4, -0.2) is 11.1 Å². The normalized spacial score (nSPS) is 12.6. The number of carboxylic acid groups (broad SMARTS) is 1. The van der Waals surface area contributed by atoms with E-state index in [0.29, 0.717) is 0 Å². The molecule has 0 heterocycles. The summed E-state index contributed by atoms with van der Waals surface area (Å²) >= 11 is 5.24. The molecule has 1 atom stereocenters. The van der Waals surface area contributed by atoms with Crippen molar-refractivity contribution >= 4 is 17.6 Å². The Hall–Kier alpha value is -1.16. The Morgan fingerprint density at radius 3 is 2.21 bits per heavy atom. The maximum atomic E-state index is 12.9. The van der Waals surface area contributed by atoms with Crippen LogP contribution in [0.15, 0.2) is 12.1 Å². The van der Waals surface area contributed by atoms with E-state index in [2.05, 4.69) is 0 Å². The summed E-state index contributed by atoms with van der Waals surface area (Å²) in [5.74, 6) is -4.01. The van der Waals surface area contributed by atoms with Crippen LogP contribution in [0.5, 0.6) is 0 Å². The molecule has 2 nitrogen and oxygen atoms in total. The minimum absolute atomic E-state index is 0.0527. The van der Waals surface area contributed by atoms with Gasteiger partial charge in [0.2, 0.25) is 0 Å². The second-order valence-electron chi connectivity index (χ2n) is 2.86. The topological polar surface area (TPSA) is 37.3 Å². The van der Waals surface area contributed by atoms with Crippen molar-refractivity contribution in [1.29, 1.82) is 0 Å². The van der Waals surface area contributed by atoms with E-state index in [4.69, 9.17) is 16.7 Å². The van der Waals surface area contributed by atoms with Crippen LogP contribution in [0.3, 0.4) is 0 Å². The number of hydrogen-bond donors (Lipinski definition) is 1. The fraction of sp³-hybridized carbons (Fsp3) is 0.222. The summed E-state index contributed by atoms with van der Waals surface area (Å²) in [6, 6.07) is 1.84. The summed E-state index contributed by atoms with van der Waals surface area (Å²) in [6.07, 6.45) is 0. The van der Waals surface area contributed by atoms with Crippen LogP contribution in [0.25, 0.3) is 0 Å². The zero-order valence-electron chi connectivity index (χ0n) is 7.22. The molecule has 5 heteroatoms. The molecule has 0 bridgehead atoms. The third-order valence-electron chi connectivity index (χ3n) is 1.88. The summed E-state index contributed by atoms with van der Waals surface area (Å²) in [4.78, 5) is 10.5. The summed E-state index contributed by atoms with van der Waals surface area (Å²) in [5, 5.41) is 7.99. The Balaban J connectivity index is 3.19. The van der Waals surface area contributed by atoms with Crippen LogP contribution in [0.4, 0.5) is 8.78 Å². The van der Waals surface area contributed by atoms with Crippen molar-refractivity contribution in [1.82, 2.24) is 0 Å². The Morgan fingerprint density at radius 1 is 1.43 bits per heavy atom. The monoisotopic (exact) mass is 220 g/mol. The van der Waals surface area contributed by atoms with E-state index >= 15 is 0 Å². The van der Waals surface area contributed by atoms with Gasteiger partial charge in [0.15, 0.2) is 0 Å². The minimum Gasteiger partial charge on any atom is -0.481 e. The predicted octanol–water partition coefficient (Wildman–Crippen LogP) is 2.81. The smallest absolute Gasteiger partial charge is 0.310 e. The van der Waals surface area contributed by atoms with Gasteiger partial charge in [-0.05, 0) is 24.6 Å². The molecule has 1 rings (SSSR count). The van der Waals surface area contributed by atoms with E-state index < -0.39 is 28.5 Å². The molecule has 0 aliphatic heterocycles. The molecule has 0 aliphatic carbocycles. The van der Waals surface area contributed by atoms with Gasteiger partial charge in [-0.25, -0.2) is 8.78 Å². The zero-order chi connectivity index (χ0) is 10.9. The maximum Gasteiger partial charge on any atom is 0.310 e. The van der Waals surface area contributed by atoms with Crippen molar-refractivity contribution in [2.45, 2.75) is 12.8 Å². The lowest BCUT2D eigenvalue weighted by molar-refractivity contribution is -0.138. The van der Waals surface area contributed by atoms with Gasteiger partial charge in [-0.3, -0.25) is 4.79 Å². The number of hydrogen-bond acceptors (Lipinski definition) is 1. The van der Waals surface area contributed by atoms with Crippen molar-refractivity contribution in [2.24, 2.45) is 0 Å². The fourth-order valence-electron chi connectivity index (χ4n) is 0.968. The highest BCUT2D eigenvalue weighted by atomic mass is 35.5. The number of aliphatic carboxylic acids is 1. The van der Waals surface area contributed by atoms with Crippen LogP contribution < -0.4 is 0 Å². The zero-order valence-corrected chi connectivity index (χ0v) is 7.98. The second-order valence-corrected chi connectivity index (χ2v) is 3.24. The fourth-order valence-corrected chi connectivity index (χ4v) is 1.08. The molecule has 1 aromatic rings. The quantitative estimate of drug-likeness (QED) is 0.779. The van der Waals surface area contributed by atoms with Crippen molar-refractivity contribution < 1.29 is 18.7 Å². The molecule has 1 N–H and O–H groups in total. The lowest BCUT2D eigenvalue weighted by atomic mass is 10.0. The molecule has 0 radical (unpaired) electrons. The molecule has 0 aromatic heterocycles. The molecule has 1 unspecified atom stereocenters. The van der Waals surface area contributed by atoms with E-state index in [-0.39, 0.29) is 5.56 Å². The first-order valence-corrected chi connectivity index (χ1v) is 4.18. The molecule has 0 spiro atoms. The van der Waals surface area contributed by atoms with Crippen LogP contribution in [-0.2, 0) is 4.79 Å². The third-order valence-corrected chi connectivity index (χ3v) is 2.24. The lowest BCUT2D eigenvalue weighted by Gasteiger charge is -2.07. The van der Waals surface area contributed by atoms with Gasteiger partial charge in [0.05, 0.1) is 5.92 Å². The first-order valence-electron chi connectivity index (χ1n) is 3.80. The lowest BCUT2D eigenvalue weighted by Crippen LogP contribution is -2.08. The Morgan fingerprint density at radius 2 is 1.86 bits per heavy atom. The van der Waals surface area contributed by atoms with Gasteiger partial charge in [-0.15, -0.1) is 0 Å². The highest BCUT2D eigenvalue weighted by Gasteiger charge is 2.17. The van der Waals surface area contributed by atoms with Gasteiger partial charge in [-0.1, -0.05) is 11.6 Å². The third kappa shape index (κ3) is 2.01. The molecule has 14 heavy (non-hydrogen) atoms. The molecule has 0 saturated carbocycles. The highest BCUT2D eigenvalue weighted by molar-refractivity contribution is 6.30. The molecular weight excluding hydrogens is 214 g/mol. The van der Waals surface area contributed by atoms with Gasteiger partial charge in [0.1, 0.15) is 16.7 Å². The molecule has 1 aromatic carbocycles. The van der Waals surface area contributed by atoms with Gasteiger partial charge >= 0.3 is 5.97 Å². The molecule has 0 aliphatic rings. The van der Waals surface area contributed by atoms with E-state index in [0.717, 1.165) is 12.1 Å². The molecular formula is C9H7ClF2O2. The average Bonchev–Trinajstić information content (AvgIpc) is 2.12. The molecule has 0 saturated heterocycles. The number of rotatable bonds is 2. The standard InChI is InChI=1S/C9H7ClF2O2/c1-4(9(13)14)5-2-6(11)8(10)7(12)3-5/h2-4H,1H3,(H,13,14). The summed E-state index contributed by atoms with van der Waals surface area (Å²) in [6.45, 7) is 1.34. The summed E-state index contributed by atoms with van der Waals surface area (Å²) in [7, 11) is 0. The highest BCUT2D eigenvalue weighted by Crippen LogP contribution is 2.24. The van der Waals surface area contributed by atoms with E-state index in [9.17, 15) is 13.6 Å². The van der Waals surface area contributed by atoms with E-state index in [1.54, 1.807) is 0 Å². The summed E-state index contributed by atoms with van der Waals surface area (Å²) < 4.78 is 25.8. The minimum atomic E-state index is -1.15. The number of benzene rings is 1. The van der Waals surface area contributed by atoms with Crippen molar-refractivity contribution in [2.75, 3.05) is 0 Å². The van der Waals surface area contributed by atoms with Crippen molar-refractivity contribution in [3.05, 3.63) is 34.4 Å². The van der Waals surface area contributed by atoms with Crippen LogP contribution in [0.2, 0.25) is 5.02 Å². The SMILES string of the molecule is CC(C(=O)O)c1cc(F)c(Cl)c(F)c1. The number of halogens is 3. The summed E-state index contributed by atoms with van der Waals surface area (Å²) in [5.41, 5.74) is 0.0527. The average molecular weight is 221 g/mol. The molecule has 76 valence electrons.